The molecule has 0 radical (unpaired) electrons. The zero-order chi connectivity index (χ0) is 13.8. The Hall–Kier alpha value is -1.81. The zero-order valence-corrected chi connectivity index (χ0v) is 11.5. The van der Waals surface area contributed by atoms with Crippen molar-refractivity contribution in [2.45, 2.75) is 37.6 Å². The standard InChI is InChI=1S/C16H20N2O2/c19-16-11-15(20-18-16)13-8-9-17-14(10-13)7-6-12-4-2-1-3-5-12/h1-5,11,13-14,17H,6-10H2,(H,18,19)/t13-,14+/m0/s1. The minimum Gasteiger partial charge on any atom is -0.383 e. The maximum Gasteiger partial charge on any atom is 0.280 e. The largest absolute Gasteiger partial charge is 0.383 e. The molecule has 1 aliphatic rings. The highest BCUT2D eigenvalue weighted by molar-refractivity contribution is 5.15. The van der Waals surface area contributed by atoms with Gasteiger partial charge in [-0.3, -0.25) is 4.79 Å². The molecule has 0 spiro atoms. The fraction of sp³-hybridized carbons (Fsp3) is 0.438. The summed E-state index contributed by atoms with van der Waals surface area (Å²) in [5.74, 6) is 1.16. The lowest BCUT2D eigenvalue weighted by atomic mass is 9.88. The molecular formula is C16H20N2O2. The third-order valence-corrected chi connectivity index (χ3v) is 4.06. The van der Waals surface area contributed by atoms with Crippen molar-refractivity contribution in [2.24, 2.45) is 0 Å². The topological polar surface area (TPSA) is 58.0 Å². The van der Waals surface area contributed by atoms with Gasteiger partial charge in [0, 0.05) is 18.0 Å². The van der Waals surface area contributed by atoms with Gasteiger partial charge in [0.1, 0.15) is 5.76 Å². The number of aromatic nitrogens is 1. The van der Waals surface area contributed by atoms with Crippen LogP contribution in [0.2, 0.25) is 0 Å². The smallest absolute Gasteiger partial charge is 0.280 e. The number of nitrogens with one attached hydrogen (secondary N) is 2. The molecule has 4 nitrogen and oxygen atoms in total. The average Bonchev–Trinajstić information content (AvgIpc) is 2.93. The number of rotatable bonds is 4. The van der Waals surface area contributed by atoms with Crippen LogP contribution in [0.1, 0.15) is 36.5 Å². The third-order valence-electron chi connectivity index (χ3n) is 4.06. The Balaban J connectivity index is 1.57. The molecule has 106 valence electrons. The molecule has 0 saturated carbocycles. The SMILES string of the molecule is O=c1cc([C@H]2CCN[C@H](CCc3ccccc3)C2)o[nH]1. The molecule has 2 atom stereocenters. The molecule has 1 aromatic carbocycles. The van der Waals surface area contributed by atoms with Gasteiger partial charge in [-0.2, -0.15) is 5.16 Å². The molecule has 0 bridgehead atoms. The van der Waals surface area contributed by atoms with Gasteiger partial charge in [0.15, 0.2) is 0 Å². The van der Waals surface area contributed by atoms with Gasteiger partial charge in [0.25, 0.3) is 5.56 Å². The van der Waals surface area contributed by atoms with Crippen molar-refractivity contribution in [1.29, 1.82) is 0 Å². The van der Waals surface area contributed by atoms with Gasteiger partial charge in [-0.1, -0.05) is 30.3 Å². The Morgan fingerprint density at radius 1 is 1.25 bits per heavy atom. The molecule has 1 aliphatic heterocycles. The Kier molecular flexibility index (Phi) is 4.02. The van der Waals surface area contributed by atoms with Crippen LogP contribution in [0.5, 0.6) is 0 Å². The van der Waals surface area contributed by atoms with Crippen molar-refractivity contribution in [3.8, 4) is 0 Å². The molecule has 1 aromatic heterocycles. The lowest BCUT2D eigenvalue weighted by molar-refractivity contribution is 0.287. The van der Waals surface area contributed by atoms with Crippen molar-refractivity contribution in [2.75, 3.05) is 6.54 Å². The minimum atomic E-state index is -0.139. The Morgan fingerprint density at radius 3 is 2.85 bits per heavy atom. The highest BCUT2D eigenvalue weighted by atomic mass is 16.5. The number of H-pyrrole nitrogens is 1. The molecule has 2 N–H and O–H groups in total. The summed E-state index contributed by atoms with van der Waals surface area (Å²) < 4.78 is 5.25. The number of aryl methyl sites for hydroxylation is 1. The predicted molar refractivity (Wildman–Crippen MR) is 77.9 cm³/mol. The monoisotopic (exact) mass is 272 g/mol. The lowest BCUT2D eigenvalue weighted by Gasteiger charge is -2.29. The Bertz CT molecular complexity index is 588. The van der Waals surface area contributed by atoms with Crippen molar-refractivity contribution in [3.63, 3.8) is 0 Å². The van der Waals surface area contributed by atoms with Gasteiger partial charge >= 0.3 is 0 Å². The number of hydrogen-bond donors (Lipinski definition) is 2. The zero-order valence-electron chi connectivity index (χ0n) is 11.5. The first-order valence-electron chi connectivity index (χ1n) is 7.27. The quantitative estimate of drug-likeness (QED) is 0.898. The van der Waals surface area contributed by atoms with Gasteiger partial charge in [0.05, 0.1) is 0 Å². The summed E-state index contributed by atoms with van der Waals surface area (Å²) in [6.45, 7) is 0.985. The van der Waals surface area contributed by atoms with E-state index in [2.05, 4.69) is 34.7 Å². The fourth-order valence-electron chi connectivity index (χ4n) is 2.97. The molecule has 2 aromatic rings. The second-order valence-electron chi connectivity index (χ2n) is 5.51. The fourth-order valence-corrected chi connectivity index (χ4v) is 2.97. The van der Waals surface area contributed by atoms with Crippen LogP contribution in [0.4, 0.5) is 0 Å². The summed E-state index contributed by atoms with van der Waals surface area (Å²) >= 11 is 0. The van der Waals surface area contributed by atoms with Gasteiger partial charge in [-0.25, -0.2) is 0 Å². The summed E-state index contributed by atoms with van der Waals surface area (Å²) in [5, 5.41) is 5.95. The second kappa shape index (κ2) is 6.09. The molecule has 1 saturated heterocycles. The van der Waals surface area contributed by atoms with Crippen molar-refractivity contribution in [3.05, 3.63) is 58.1 Å². The van der Waals surface area contributed by atoms with Crippen LogP contribution in [0.3, 0.4) is 0 Å². The molecule has 4 heteroatoms. The van der Waals surface area contributed by atoms with Crippen LogP contribution in [0.15, 0.2) is 45.7 Å². The summed E-state index contributed by atoms with van der Waals surface area (Å²) in [6, 6.07) is 12.6. The molecule has 3 rings (SSSR count). The van der Waals surface area contributed by atoms with E-state index in [0.29, 0.717) is 12.0 Å². The maximum absolute atomic E-state index is 11.2. The summed E-state index contributed by atoms with van der Waals surface area (Å²) in [7, 11) is 0. The summed E-state index contributed by atoms with van der Waals surface area (Å²) in [5.41, 5.74) is 1.24. The van der Waals surface area contributed by atoms with Gasteiger partial charge in [0.2, 0.25) is 0 Å². The van der Waals surface area contributed by atoms with E-state index in [1.165, 1.54) is 5.56 Å². The Labute approximate surface area is 118 Å². The van der Waals surface area contributed by atoms with Crippen molar-refractivity contribution >= 4 is 0 Å². The summed E-state index contributed by atoms with van der Waals surface area (Å²) in [4.78, 5) is 11.2. The van der Waals surface area contributed by atoms with E-state index in [9.17, 15) is 4.79 Å². The predicted octanol–water partition coefficient (Wildman–Crippen LogP) is 2.44. The van der Waals surface area contributed by atoms with Crippen LogP contribution in [-0.4, -0.2) is 17.7 Å². The van der Waals surface area contributed by atoms with Gasteiger partial charge in [-0.15, -0.1) is 0 Å². The first-order chi connectivity index (χ1) is 9.81. The maximum atomic E-state index is 11.2. The Morgan fingerprint density at radius 2 is 2.10 bits per heavy atom. The van der Waals surface area contributed by atoms with E-state index in [-0.39, 0.29) is 5.56 Å². The van der Waals surface area contributed by atoms with Gasteiger partial charge in [-0.05, 0) is 37.8 Å². The molecule has 0 aliphatic carbocycles. The highest BCUT2D eigenvalue weighted by Crippen LogP contribution is 2.28. The molecule has 20 heavy (non-hydrogen) atoms. The molecule has 2 heterocycles. The summed E-state index contributed by atoms with van der Waals surface area (Å²) in [6.07, 6.45) is 4.27. The molecular weight excluding hydrogens is 252 g/mol. The normalized spacial score (nSPS) is 22.8. The third kappa shape index (κ3) is 3.20. The molecule has 1 fully saturated rings. The van der Waals surface area contributed by atoms with E-state index in [4.69, 9.17) is 4.52 Å². The van der Waals surface area contributed by atoms with E-state index in [0.717, 1.165) is 38.0 Å². The minimum absolute atomic E-state index is 0.139. The van der Waals surface area contributed by atoms with E-state index >= 15 is 0 Å². The van der Waals surface area contributed by atoms with Crippen LogP contribution in [-0.2, 0) is 6.42 Å². The van der Waals surface area contributed by atoms with Crippen LogP contribution in [0.25, 0.3) is 0 Å². The number of benzene rings is 1. The lowest BCUT2D eigenvalue weighted by Crippen LogP contribution is -2.37. The van der Waals surface area contributed by atoms with Crippen molar-refractivity contribution in [1.82, 2.24) is 10.5 Å². The van der Waals surface area contributed by atoms with Crippen LogP contribution in [0, 0.1) is 0 Å². The van der Waals surface area contributed by atoms with Gasteiger partial charge < -0.3 is 9.84 Å². The van der Waals surface area contributed by atoms with Crippen molar-refractivity contribution < 1.29 is 4.52 Å². The van der Waals surface area contributed by atoms with E-state index in [1.807, 2.05) is 6.07 Å². The van der Waals surface area contributed by atoms with Crippen LogP contribution >= 0.6 is 0 Å². The second-order valence-corrected chi connectivity index (χ2v) is 5.51. The molecule has 0 unspecified atom stereocenters. The highest BCUT2D eigenvalue weighted by Gasteiger charge is 2.25. The van der Waals surface area contributed by atoms with E-state index < -0.39 is 0 Å². The van der Waals surface area contributed by atoms with E-state index in [1.54, 1.807) is 6.07 Å². The average molecular weight is 272 g/mol. The number of piperidine rings is 1. The first kappa shape index (κ1) is 13.2. The molecule has 0 amide bonds. The van der Waals surface area contributed by atoms with Crippen LogP contribution < -0.4 is 10.9 Å². The number of hydrogen-bond acceptors (Lipinski definition) is 3. The number of aromatic amines is 1. The first-order valence-corrected chi connectivity index (χ1v) is 7.27.